The Morgan fingerprint density at radius 2 is 1.71 bits per heavy atom. The van der Waals surface area contributed by atoms with Gasteiger partial charge >= 0.3 is 0 Å². The Hall–Kier alpha value is -2.34. The van der Waals surface area contributed by atoms with Crippen LogP contribution in [0.5, 0.6) is 0 Å². The molecule has 2 aromatic rings. The van der Waals surface area contributed by atoms with Gasteiger partial charge in [0.1, 0.15) is 11.9 Å². The first-order valence-corrected chi connectivity index (χ1v) is 10.4. The molecular formula is C22H27FN2O2S. The summed E-state index contributed by atoms with van der Waals surface area (Å²) in [5.74, 6) is -0.641. The third-order valence-corrected chi connectivity index (χ3v) is 5.57. The average molecular weight is 403 g/mol. The Morgan fingerprint density at radius 1 is 1.07 bits per heavy atom. The zero-order valence-electron chi connectivity index (χ0n) is 16.5. The highest BCUT2D eigenvalue weighted by Gasteiger charge is 2.27. The molecule has 0 saturated carbocycles. The van der Waals surface area contributed by atoms with Crippen LogP contribution in [0.2, 0.25) is 0 Å². The lowest BCUT2D eigenvalue weighted by molar-refractivity contribution is -0.139. The number of rotatable bonds is 9. The first-order chi connectivity index (χ1) is 13.4. The fourth-order valence-corrected chi connectivity index (χ4v) is 3.41. The van der Waals surface area contributed by atoms with Gasteiger partial charge in [-0.15, -0.1) is 11.8 Å². The Balaban J connectivity index is 2.15. The molecule has 0 radical (unpaired) electrons. The fraction of sp³-hybridized carbons (Fsp3) is 0.364. The van der Waals surface area contributed by atoms with E-state index in [0.29, 0.717) is 5.56 Å². The number of hydrogen-bond acceptors (Lipinski definition) is 3. The highest BCUT2D eigenvalue weighted by atomic mass is 32.2. The number of carbonyl (C=O) groups excluding carboxylic acids is 2. The van der Waals surface area contributed by atoms with Crippen LogP contribution in [0.25, 0.3) is 0 Å². The van der Waals surface area contributed by atoms with Crippen LogP contribution in [-0.4, -0.2) is 34.6 Å². The predicted octanol–water partition coefficient (Wildman–Crippen LogP) is 4.25. The summed E-state index contributed by atoms with van der Waals surface area (Å²) in [5, 5.41) is 2.91. The van der Waals surface area contributed by atoms with Crippen LogP contribution < -0.4 is 5.32 Å². The number of carbonyl (C=O) groups is 2. The smallest absolute Gasteiger partial charge is 0.242 e. The molecule has 0 spiro atoms. The maximum Gasteiger partial charge on any atom is 0.242 e. The van der Waals surface area contributed by atoms with Crippen molar-refractivity contribution in [3.63, 3.8) is 0 Å². The molecule has 1 N–H and O–H groups in total. The van der Waals surface area contributed by atoms with Gasteiger partial charge < -0.3 is 10.2 Å². The fourth-order valence-electron chi connectivity index (χ4n) is 2.60. The van der Waals surface area contributed by atoms with Crippen molar-refractivity contribution in [2.45, 2.75) is 50.7 Å². The molecule has 150 valence electrons. The minimum Gasteiger partial charge on any atom is -0.352 e. The van der Waals surface area contributed by atoms with E-state index in [2.05, 4.69) is 5.32 Å². The molecule has 0 aliphatic carbocycles. The zero-order valence-corrected chi connectivity index (χ0v) is 17.3. The number of amides is 2. The minimum absolute atomic E-state index is 0.0130. The lowest BCUT2D eigenvalue weighted by Crippen LogP contribution is -2.50. The van der Waals surface area contributed by atoms with Crippen LogP contribution >= 0.6 is 11.8 Å². The lowest BCUT2D eigenvalue weighted by atomic mass is 10.1. The molecule has 2 aromatic carbocycles. The van der Waals surface area contributed by atoms with Crippen molar-refractivity contribution in [2.75, 3.05) is 5.75 Å². The van der Waals surface area contributed by atoms with E-state index in [1.54, 1.807) is 25.1 Å². The molecular weight excluding hydrogens is 375 g/mol. The molecule has 2 rings (SSSR count). The van der Waals surface area contributed by atoms with Crippen molar-refractivity contribution in [3.8, 4) is 0 Å². The van der Waals surface area contributed by atoms with Crippen LogP contribution in [0.3, 0.4) is 0 Å². The molecule has 0 bridgehead atoms. The molecule has 4 nitrogen and oxygen atoms in total. The van der Waals surface area contributed by atoms with E-state index >= 15 is 0 Å². The maximum absolute atomic E-state index is 14.1. The number of nitrogens with one attached hydrogen (secondary N) is 1. The van der Waals surface area contributed by atoms with E-state index in [-0.39, 0.29) is 36.0 Å². The lowest BCUT2D eigenvalue weighted by Gasteiger charge is -2.29. The summed E-state index contributed by atoms with van der Waals surface area (Å²) in [5.41, 5.74) is 0.392. The van der Waals surface area contributed by atoms with Crippen molar-refractivity contribution in [1.82, 2.24) is 10.2 Å². The Morgan fingerprint density at radius 3 is 2.36 bits per heavy atom. The number of hydrogen-bond donors (Lipinski definition) is 1. The van der Waals surface area contributed by atoms with Crippen molar-refractivity contribution in [1.29, 1.82) is 0 Å². The maximum atomic E-state index is 14.1. The van der Waals surface area contributed by atoms with Crippen LogP contribution in [0.4, 0.5) is 4.39 Å². The van der Waals surface area contributed by atoms with E-state index in [0.717, 1.165) is 11.3 Å². The highest BCUT2D eigenvalue weighted by Crippen LogP contribution is 2.20. The second kappa shape index (κ2) is 10.9. The van der Waals surface area contributed by atoms with Gasteiger partial charge in [-0.25, -0.2) is 4.39 Å². The van der Waals surface area contributed by atoms with Crippen molar-refractivity contribution >= 4 is 23.6 Å². The minimum atomic E-state index is -0.697. The first kappa shape index (κ1) is 22.0. The third-order valence-electron chi connectivity index (χ3n) is 4.57. The molecule has 28 heavy (non-hydrogen) atoms. The van der Waals surface area contributed by atoms with E-state index < -0.39 is 6.04 Å². The van der Waals surface area contributed by atoms with Gasteiger partial charge in [-0.05, 0) is 38.5 Å². The normalized spacial score (nSPS) is 12.9. The van der Waals surface area contributed by atoms with Crippen LogP contribution in [0.1, 0.15) is 32.8 Å². The van der Waals surface area contributed by atoms with E-state index in [1.165, 1.54) is 22.7 Å². The first-order valence-electron chi connectivity index (χ1n) is 9.43. The van der Waals surface area contributed by atoms with Gasteiger partial charge in [0.15, 0.2) is 0 Å². The number of thioether (sulfide) groups is 1. The molecule has 0 aliphatic heterocycles. The second-order valence-corrected chi connectivity index (χ2v) is 7.76. The molecule has 6 heteroatoms. The molecule has 0 saturated heterocycles. The number of nitrogens with zero attached hydrogens (tertiary/aromatic N) is 1. The van der Waals surface area contributed by atoms with E-state index in [4.69, 9.17) is 0 Å². The van der Waals surface area contributed by atoms with Crippen LogP contribution in [-0.2, 0) is 16.1 Å². The van der Waals surface area contributed by atoms with Crippen molar-refractivity contribution < 1.29 is 14.0 Å². The standard InChI is InChI=1S/C22H27FN2O2S/c1-4-16(2)24-22(27)17(3)25(14-18-10-8-9-13-20(18)23)21(26)15-28-19-11-6-5-7-12-19/h5-13,16-17H,4,14-15H2,1-3H3,(H,24,27)/t16-,17-/m1/s1. The van der Waals surface area contributed by atoms with Gasteiger partial charge in [0, 0.05) is 23.0 Å². The van der Waals surface area contributed by atoms with Crippen molar-refractivity contribution in [3.05, 3.63) is 66.0 Å². The monoisotopic (exact) mass is 402 g/mol. The third kappa shape index (κ3) is 6.37. The van der Waals surface area contributed by atoms with E-state index in [9.17, 15) is 14.0 Å². The Bertz CT molecular complexity index is 785. The number of halogens is 1. The Labute approximate surface area is 170 Å². The molecule has 0 heterocycles. The molecule has 0 aliphatic rings. The summed E-state index contributed by atoms with van der Waals surface area (Å²) in [6.45, 7) is 5.63. The van der Waals surface area contributed by atoms with Gasteiger partial charge in [0.05, 0.1) is 5.75 Å². The predicted molar refractivity (Wildman–Crippen MR) is 111 cm³/mol. The van der Waals surface area contributed by atoms with Gasteiger partial charge in [-0.1, -0.05) is 43.3 Å². The average Bonchev–Trinajstić information content (AvgIpc) is 2.71. The summed E-state index contributed by atoms with van der Waals surface area (Å²) < 4.78 is 14.1. The van der Waals surface area contributed by atoms with Crippen molar-refractivity contribution in [2.24, 2.45) is 0 Å². The highest BCUT2D eigenvalue weighted by molar-refractivity contribution is 8.00. The summed E-state index contributed by atoms with van der Waals surface area (Å²) in [6.07, 6.45) is 0.795. The summed E-state index contributed by atoms with van der Waals surface area (Å²) in [6, 6.07) is 15.2. The SMILES string of the molecule is CC[C@@H](C)NC(=O)[C@@H](C)N(Cc1ccccc1F)C(=O)CSc1ccccc1. The molecule has 0 aromatic heterocycles. The zero-order chi connectivity index (χ0) is 20.5. The Kier molecular flexibility index (Phi) is 8.51. The van der Waals surface area contributed by atoms with Gasteiger partial charge in [-0.2, -0.15) is 0 Å². The number of benzene rings is 2. The van der Waals surface area contributed by atoms with Gasteiger partial charge in [0.25, 0.3) is 0 Å². The summed E-state index contributed by atoms with van der Waals surface area (Å²) >= 11 is 1.40. The molecule has 0 unspecified atom stereocenters. The molecule has 2 amide bonds. The van der Waals surface area contributed by atoms with Crippen LogP contribution in [0.15, 0.2) is 59.5 Å². The van der Waals surface area contributed by atoms with Gasteiger partial charge in [0.2, 0.25) is 11.8 Å². The summed E-state index contributed by atoms with van der Waals surface area (Å²) in [7, 11) is 0. The topological polar surface area (TPSA) is 49.4 Å². The molecule has 0 fully saturated rings. The molecule has 2 atom stereocenters. The quantitative estimate of drug-likeness (QED) is 0.638. The van der Waals surface area contributed by atoms with E-state index in [1.807, 2.05) is 44.2 Å². The van der Waals surface area contributed by atoms with Crippen LogP contribution in [0, 0.1) is 5.82 Å². The van der Waals surface area contributed by atoms with Gasteiger partial charge in [-0.3, -0.25) is 9.59 Å². The largest absolute Gasteiger partial charge is 0.352 e. The summed E-state index contributed by atoms with van der Waals surface area (Å²) in [4.78, 5) is 28.0. The second-order valence-electron chi connectivity index (χ2n) is 6.71.